The number of nitro groups is 1. The lowest BCUT2D eigenvalue weighted by molar-refractivity contribution is -0.384. The van der Waals surface area contributed by atoms with E-state index in [-0.39, 0.29) is 10.5 Å². The van der Waals surface area contributed by atoms with Crippen LogP contribution in [0.5, 0.6) is 0 Å². The molecule has 1 heterocycles. The van der Waals surface area contributed by atoms with Crippen LogP contribution in [0.2, 0.25) is 0 Å². The molecule has 19 heavy (non-hydrogen) atoms. The fourth-order valence-corrected chi connectivity index (χ4v) is 1.83. The van der Waals surface area contributed by atoms with Crippen LogP contribution in [0.1, 0.15) is 29.6 Å². The number of benzene rings is 1. The topological polar surface area (TPSA) is 82.1 Å². The molecule has 0 saturated heterocycles. The summed E-state index contributed by atoms with van der Waals surface area (Å²) in [5, 5.41) is 18.7. The summed E-state index contributed by atoms with van der Waals surface area (Å²) in [5.74, 6) is 0.765. The Balaban J connectivity index is 2.41. The molecule has 1 atom stereocenters. The average molecular weight is 326 g/mol. The maximum Gasteiger partial charge on any atom is 0.270 e. The van der Waals surface area contributed by atoms with E-state index in [9.17, 15) is 10.1 Å². The van der Waals surface area contributed by atoms with Gasteiger partial charge in [-0.2, -0.15) is 0 Å². The Kier molecular flexibility index (Phi) is 3.94. The molecule has 100 valence electrons. The zero-order chi connectivity index (χ0) is 14.0. The lowest BCUT2D eigenvalue weighted by Crippen LogP contribution is -1.90. The highest BCUT2D eigenvalue weighted by molar-refractivity contribution is 9.09. The van der Waals surface area contributed by atoms with Gasteiger partial charge in [0.15, 0.2) is 0 Å². The van der Waals surface area contributed by atoms with Crippen LogP contribution >= 0.6 is 15.9 Å². The summed E-state index contributed by atoms with van der Waals surface area (Å²) in [6, 6.07) is 4.71. The molecule has 2 rings (SSSR count). The number of rotatable bonds is 4. The molecule has 0 bridgehead atoms. The Morgan fingerprint density at radius 2 is 2.16 bits per heavy atom. The standard InChI is InChI=1S/C12H12BrN3O3/c1-3-10(13)12-15-14-11(19-12)8-4-7(2)5-9(6-8)16(17)18/h4-6,10H,3H2,1-2H3. The number of nitro benzene ring substituents is 1. The van der Waals surface area contributed by atoms with Gasteiger partial charge in [0.25, 0.3) is 5.69 Å². The van der Waals surface area contributed by atoms with E-state index in [0.717, 1.165) is 12.0 Å². The van der Waals surface area contributed by atoms with Crippen LogP contribution in [-0.2, 0) is 0 Å². The maximum absolute atomic E-state index is 10.8. The van der Waals surface area contributed by atoms with Crippen molar-refractivity contribution in [2.75, 3.05) is 0 Å². The smallest absolute Gasteiger partial charge is 0.270 e. The molecule has 0 aliphatic carbocycles. The molecule has 0 fully saturated rings. The molecule has 0 spiro atoms. The van der Waals surface area contributed by atoms with Gasteiger partial charge in [0, 0.05) is 17.7 Å². The molecule has 6 nitrogen and oxygen atoms in total. The minimum Gasteiger partial charge on any atom is -0.419 e. The van der Waals surface area contributed by atoms with Crippen molar-refractivity contribution in [2.24, 2.45) is 0 Å². The van der Waals surface area contributed by atoms with Gasteiger partial charge in [0.2, 0.25) is 11.8 Å². The first-order chi connectivity index (χ1) is 9.01. The molecular weight excluding hydrogens is 314 g/mol. The third-order valence-corrected chi connectivity index (χ3v) is 3.63. The second-order valence-corrected chi connectivity index (χ2v) is 5.24. The minimum atomic E-state index is -0.437. The van der Waals surface area contributed by atoms with E-state index >= 15 is 0 Å². The molecule has 0 radical (unpaired) electrons. The van der Waals surface area contributed by atoms with Crippen LogP contribution in [0.3, 0.4) is 0 Å². The summed E-state index contributed by atoms with van der Waals surface area (Å²) in [4.78, 5) is 10.4. The first-order valence-corrected chi connectivity index (χ1v) is 6.66. The Morgan fingerprint density at radius 3 is 2.79 bits per heavy atom. The highest BCUT2D eigenvalue weighted by Crippen LogP contribution is 2.29. The number of halogens is 1. The number of non-ortho nitro benzene ring substituents is 1. The minimum absolute atomic E-state index is 0.00598. The van der Waals surface area contributed by atoms with Crippen molar-refractivity contribution in [2.45, 2.75) is 25.1 Å². The summed E-state index contributed by atoms with van der Waals surface area (Å²) >= 11 is 3.42. The third kappa shape index (κ3) is 2.98. The van der Waals surface area contributed by atoms with Crippen LogP contribution < -0.4 is 0 Å². The molecule has 7 heteroatoms. The van der Waals surface area contributed by atoms with E-state index < -0.39 is 4.92 Å². The highest BCUT2D eigenvalue weighted by Gasteiger charge is 2.17. The van der Waals surface area contributed by atoms with Crippen molar-refractivity contribution in [3.8, 4) is 11.5 Å². The molecule has 0 amide bonds. The zero-order valence-electron chi connectivity index (χ0n) is 10.5. The fraction of sp³-hybridized carbons (Fsp3) is 0.333. The second-order valence-electron chi connectivity index (χ2n) is 4.14. The van der Waals surface area contributed by atoms with E-state index in [1.807, 2.05) is 6.92 Å². The molecule has 0 saturated carbocycles. The summed E-state index contributed by atoms with van der Waals surface area (Å²) in [5.41, 5.74) is 1.34. The van der Waals surface area contributed by atoms with Gasteiger partial charge >= 0.3 is 0 Å². The van der Waals surface area contributed by atoms with Gasteiger partial charge in [0.1, 0.15) is 0 Å². The lowest BCUT2D eigenvalue weighted by atomic mass is 10.1. The quantitative estimate of drug-likeness (QED) is 0.485. The average Bonchev–Trinajstić information content (AvgIpc) is 2.86. The van der Waals surface area contributed by atoms with E-state index in [4.69, 9.17) is 4.42 Å². The molecule has 2 aromatic rings. The SMILES string of the molecule is CCC(Br)c1nnc(-c2cc(C)cc([N+](=O)[O-])c2)o1. The molecule has 0 aliphatic rings. The zero-order valence-corrected chi connectivity index (χ0v) is 12.0. The van der Waals surface area contributed by atoms with Crippen LogP contribution in [0, 0.1) is 17.0 Å². The molecular formula is C12H12BrN3O3. The van der Waals surface area contributed by atoms with Gasteiger partial charge < -0.3 is 4.42 Å². The molecule has 0 N–H and O–H groups in total. The number of hydrogen-bond donors (Lipinski definition) is 0. The van der Waals surface area contributed by atoms with Crippen molar-refractivity contribution in [1.82, 2.24) is 10.2 Å². The van der Waals surface area contributed by atoms with Crippen LogP contribution in [-0.4, -0.2) is 15.1 Å². The summed E-state index contributed by atoms with van der Waals surface area (Å²) in [7, 11) is 0. The normalized spacial score (nSPS) is 12.4. The van der Waals surface area contributed by atoms with Gasteiger partial charge in [-0.25, -0.2) is 0 Å². The molecule has 1 aromatic heterocycles. The van der Waals surface area contributed by atoms with Crippen molar-refractivity contribution in [1.29, 1.82) is 0 Å². The molecule has 1 aromatic carbocycles. The van der Waals surface area contributed by atoms with Crippen LogP contribution in [0.15, 0.2) is 22.6 Å². The predicted molar refractivity (Wildman–Crippen MR) is 73.1 cm³/mol. The van der Waals surface area contributed by atoms with Crippen molar-refractivity contribution < 1.29 is 9.34 Å². The number of aryl methyl sites for hydroxylation is 1. The number of nitrogens with zero attached hydrogens (tertiary/aromatic N) is 3. The third-order valence-electron chi connectivity index (χ3n) is 2.59. The van der Waals surface area contributed by atoms with Gasteiger partial charge in [-0.3, -0.25) is 10.1 Å². The maximum atomic E-state index is 10.8. The number of alkyl halides is 1. The van der Waals surface area contributed by atoms with Gasteiger partial charge in [-0.1, -0.05) is 22.9 Å². The Morgan fingerprint density at radius 1 is 1.42 bits per heavy atom. The van der Waals surface area contributed by atoms with E-state index in [2.05, 4.69) is 26.1 Å². The molecule has 0 aliphatic heterocycles. The van der Waals surface area contributed by atoms with Crippen LogP contribution in [0.4, 0.5) is 5.69 Å². The largest absolute Gasteiger partial charge is 0.419 e. The second kappa shape index (κ2) is 5.48. The Hall–Kier alpha value is -1.76. The monoisotopic (exact) mass is 325 g/mol. The molecule has 1 unspecified atom stereocenters. The first kappa shape index (κ1) is 13.7. The number of hydrogen-bond acceptors (Lipinski definition) is 5. The Labute approximate surface area is 118 Å². The summed E-state index contributed by atoms with van der Waals surface area (Å²) < 4.78 is 5.52. The number of aromatic nitrogens is 2. The van der Waals surface area contributed by atoms with E-state index in [1.54, 1.807) is 13.0 Å². The van der Waals surface area contributed by atoms with E-state index in [1.165, 1.54) is 12.1 Å². The van der Waals surface area contributed by atoms with Crippen LogP contribution in [0.25, 0.3) is 11.5 Å². The highest BCUT2D eigenvalue weighted by atomic mass is 79.9. The van der Waals surface area contributed by atoms with E-state index in [0.29, 0.717) is 17.3 Å². The fourth-order valence-electron chi connectivity index (χ4n) is 1.64. The van der Waals surface area contributed by atoms with Crippen molar-refractivity contribution >= 4 is 21.6 Å². The predicted octanol–water partition coefficient (Wildman–Crippen LogP) is 3.80. The van der Waals surface area contributed by atoms with Gasteiger partial charge in [-0.15, -0.1) is 10.2 Å². The van der Waals surface area contributed by atoms with Gasteiger partial charge in [0.05, 0.1) is 9.75 Å². The summed E-state index contributed by atoms with van der Waals surface area (Å²) in [6.45, 7) is 3.77. The Bertz CT molecular complexity index is 612. The summed E-state index contributed by atoms with van der Waals surface area (Å²) in [6.07, 6.45) is 0.815. The first-order valence-electron chi connectivity index (χ1n) is 5.75. The lowest BCUT2D eigenvalue weighted by Gasteiger charge is -2.00. The van der Waals surface area contributed by atoms with Gasteiger partial charge in [-0.05, 0) is 25.0 Å². The van der Waals surface area contributed by atoms with Crippen molar-refractivity contribution in [3.05, 3.63) is 39.8 Å². The van der Waals surface area contributed by atoms with Crippen molar-refractivity contribution in [3.63, 3.8) is 0 Å².